The molecule has 2 N–H and O–H groups in total. The molecule has 166 valence electrons. The van der Waals surface area contributed by atoms with Crippen molar-refractivity contribution in [2.45, 2.75) is 57.0 Å². The van der Waals surface area contributed by atoms with Gasteiger partial charge in [-0.15, -0.1) is 0 Å². The largest absolute Gasteiger partial charge is 0.356 e. The Kier molecular flexibility index (Phi) is 5.98. The van der Waals surface area contributed by atoms with Crippen LogP contribution in [-0.2, 0) is 14.4 Å². The second-order valence-electron chi connectivity index (χ2n) is 8.85. The van der Waals surface area contributed by atoms with E-state index in [9.17, 15) is 19.2 Å². The summed E-state index contributed by atoms with van der Waals surface area (Å²) in [5.41, 5.74) is 0.356. The molecule has 1 aliphatic carbocycles. The summed E-state index contributed by atoms with van der Waals surface area (Å²) in [4.78, 5) is 52.9. The van der Waals surface area contributed by atoms with Crippen molar-refractivity contribution in [2.24, 2.45) is 5.92 Å². The lowest BCUT2D eigenvalue weighted by molar-refractivity contribution is -0.131. The van der Waals surface area contributed by atoms with Crippen molar-refractivity contribution >= 4 is 23.8 Å². The number of carbonyl (C=O) groups excluding carboxylic acids is 4. The molecule has 0 aromatic heterocycles. The fourth-order valence-electron chi connectivity index (χ4n) is 4.98. The summed E-state index contributed by atoms with van der Waals surface area (Å²) in [6.07, 6.45) is 4.02. The summed E-state index contributed by atoms with van der Waals surface area (Å²) in [6, 6.07) is 9.38. The number of likely N-dealkylation sites (tertiary alicyclic amines) is 1. The van der Waals surface area contributed by atoms with Crippen LogP contribution < -0.4 is 10.6 Å². The van der Waals surface area contributed by atoms with Crippen molar-refractivity contribution in [3.63, 3.8) is 0 Å². The molecule has 0 radical (unpaired) electrons. The predicted octanol–water partition coefficient (Wildman–Crippen LogP) is 1.97. The molecule has 2 saturated heterocycles. The van der Waals surface area contributed by atoms with Crippen LogP contribution in [0.2, 0.25) is 0 Å². The second-order valence-corrected chi connectivity index (χ2v) is 8.85. The van der Waals surface area contributed by atoms with Crippen LogP contribution >= 0.6 is 0 Å². The van der Waals surface area contributed by atoms with Crippen molar-refractivity contribution in [3.05, 3.63) is 35.9 Å². The van der Waals surface area contributed by atoms with Crippen LogP contribution in [0.25, 0.3) is 0 Å². The van der Waals surface area contributed by atoms with E-state index < -0.39 is 5.54 Å². The Bertz CT molecular complexity index is 866. The molecule has 2 heterocycles. The van der Waals surface area contributed by atoms with Crippen molar-refractivity contribution in [1.82, 2.24) is 20.4 Å². The maximum atomic E-state index is 12.6. The van der Waals surface area contributed by atoms with Gasteiger partial charge in [0.1, 0.15) is 5.54 Å². The van der Waals surface area contributed by atoms with Crippen LogP contribution in [-0.4, -0.2) is 58.7 Å². The normalized spacial score (nSPS) is 23.5. The Labute approximate surface area is 182 Å². The third-order valence-corrected chi connectivity index (χ3v) is 6.84. The first-order valence-electron chi connectivity index (χ1n) is 11.2. The molecule has 8 heteroatoms. The van der Waals surface area contributed by atoms with Crippen LogP contribution in [0, 0.1) is 5.92 Å². The van der Waals surface area contributed by atoms with Gasteiger partial charge in [-0.3, -0.25) is 19.3 Å². The predicted molar refractivity (Wildman–Crippen MR) is 114 cm³/mol. The molecule has 1 spiro atoms. The second kappa shape index (κ2) is 8.69. The molecule has 31 heavy (non-hydrogen) atoms. The molecule has 1 aromatic carbocycles. The summed E-state index contributed by atoms with van der Waals surface area (Å²) in [5, 5.41) is 5.74. The molecule has 1 aromatic rings. The van der Waals surface area contributed by atoms with Gasteiger partial charge < -0.3 is 15.5 Å². The molecule has 1 saturated carbocycles. The summed E-state index contributed by atoms with van der Waals surface area (Å²) in [5.74, 6) is -0.677. The first-order chi connectivity index (χ1) is 14.9. The number of rotatable bonds is 7. The fraction of sp³-hybridized carbons (Fsp3) is 0.565. The average Bonchev–Trinajstić information content (AvgIpc) is 3.45. The zero-order valence-corrected chi connectivity index (χ0v) is 17.9. The smallest absolute Gasteiger partial charge is 0.325 e. The van der Waals surface area contributed by atoms with Gasteiger partial charge >= 0.3 is 6.03 Å². The van der Waals surface area contributed by atoms with E-state index in [1.54, 1.807) is 4.90 Å². The zero-order chi connectivity index (χ0) is 22.0. The number of carbonyl (C=O) groups is 4. The monoisotopic (exact) mass is 426 g/mol. The number of imide groups is 1. The number of benzene rings is 1. The van der Waals surface area contributed by atoms with Crippen LogP contribution in [0.4, 0.5) is 4.79 Å². The third-order valence-electron chi connectivity index (χ3n) is 6.84. The highest BCUT2D eigenvalue weighted by molar-refractivity contribution is 6.07. The highest BCUT2D eigenvalue weighted by atomic mass is 16.2. The topological polar surface area (TPSA) is 98.8 Å². The van der Waals surface area contributed by atoms with Gasteiger partial charge in [0.15, 0.2) is 0 Å². The standard InChI is InChI=1S/C23H30N4O4/c1-16(17-8-3-2-4-9-17)27-15-18(14-19(27)28)20(29)24-12-7-13-26-21(30)23(25-22(26)31)10-5-6-11-23/h2-4,8-9,16,18H,5-7,10-15H2,1H3,(H,24,29)(H,25,31). The Morgan fingerprint density at radius 1 is 1.19 bits per heavy atom. The lowest BCUT2D eigenvalue weighted by Crippen LogP contribution is -2.44. The van der Waals surface area contributed by atoms with Crippen LogP contribution in [0.5, 0.6) is 0 Å². The van der Waals surface area contributed by atoms with Crippen LogP contribution in [0.3, 0.4) is 0 Å². The first kappa shape index (κ1) is 21.3. The highest BCUT2D eigenvalue weighted by Gasteiger charge is 2.52. The van der Waals surface area contributed by atoms with E-state index in [4.69, 9.17) is 0 Å². The molecule has 2 atom stereocenters. The Hall–Kier alpha value is -2.90. The van der Waals surface area contributed by atoms with Gasteiger partial charge in [0.25, 0.3) is 5.91 Å². The fourth-order valence-corrected chi connectivity index (χ4v) is 4.98. The molecule has 5 amide bonds. The van der Waals surface area contributed by atoms with E-state index in [1.807, 2.05) is 37.3 Å². The third kappa shape index (κ3) is 4.16. The van der Waals surface area contributed by atoms with Gasteiger partial charge in [-0.25, -0.2) is 4.79 Å². The van der Waals surface area contributed by atoms with E-state index in [-0.39, 0.29) is 48.7 Å². The lowest BCUT2D eigenvalue weighted by Gasteiger charge is -2.25. The van der Waals surface area contributed by atoms with E-state index in [2.05, 4.69) is 10.6 Å². The van der Waals surface area contributed by atoms with E-state index in [0.717, 1.165) is 18.4 Å². The zero-order valence-electron chi connectivity index (χ0n) is 17.9. The minimum atomic E-state index is -0.691. The maximum Gasteiger partial charge on any atom is 0.325 e. The van der Waals surface area contributed by atoms with Crippen molar-refractivity contribution < 1.29 is 19.2 Å². The first-order valence-corrected chi connectivity index (χ1v) is 11.2. The van der Waals surface area contributed by atoms with Gasteiger partial charge in [0.2, 0.25) is 11.8 Å². The molecule has 0 bridgehead atoms. The summed E-state index contributed by atoms with van der Waals surface area (Å²) in [6.45, 7) is 3.02. The molecule has 4 rings (SSSR count). The molecule has 2 aliphatic heterocycles. The van der Waals surface area contributed by atoms with Crippen LogP contribution in [0.1, 0.15) is 57.1 Å². The van der Waals surface area contributed by atoms with Gasteiger partial charge in [0.05, 0.1) is 12.0 Å². The molecular weight excluding hydrogens is 396 g/mol. The summed E-state index contributed by atoms with van der Waals surface area (Å²) >= 11 is 0. The number of nitrogens with one attached hydrogen (secondary N) is 2. The van der Waals surface area contributed by atoms with E-state index >= 15 is 0 Å². The Balaban J connectivity index is 1.23. The quantitative estimate of drug-likeness (QED) is 0.514. The number of amides is 5. The molecule has 3 aliphatic rings. The van der Waals surface area contributed by atoms with Gasteiger partial charge in [-0.2, -0.15) is 0 Å². The highest BCUT2D eigenvalue weighted by Crippen LogP contribution is 2.35. The number of hydrogen-bond acceptors (Lipinski definition) is 4. The number of nitrogens with zero attached hydrogens (tertiary/aromatic N) is 2. The van der Waals surface area contributed by atoms with Crippen molar-refractivity contribution in [3.8, 4) is 0 Å². The molecule has 8 nitrogen and oxygen atoms in total. The van der Waals surface area contributed by atoms with Gasteiger partial charge in [0, 0.05) is 26.1 Å². The molecule has 2 unspecified atom stereocenters. The van der Waals surface area contributed by atoms with Crippen molar-refractivity contribution in [1.29, 1.82) is 0 Å². The summed E-state index contributed by atoms with van der Waals surface area (Å²) < 4.78 is 0. The lowest BCUT2D eigenvalue weighted by atomic mass is 9.98. The summed E-state index contributed by atoms with van der Waals surface area (Å²) in [7, 11) is 0. The van der Waals surface area contributed by atoms with Crippen LogP contribution in [0.15, 0.2) is 30.3 Å². The van der Waals surface area contributed by atoms with Gasteiger partial charge in [-0.05, 0) is 31.7 Å². The van der Waals surface area contributed by atoms with Crippen molar-refractivity contribution in [2.75, 3.05) is 19.6 Å². The minimum absolute atomic E-state index is 0.0160. The minimum Gasteiger partial charge on any atom is -0.356 e. The SMILES string of the molecule is CC(c1ccccc1)N1CC(C(=O)NCCCN2C(=O)NC3(CCCC3)C2=O)CC1=O. The van der Waals surface area contributed by atoms with E-state index in [1.165, 1.54) is 4.90 Å². The Morgan fingerprint density at radius 3 is 2.61 bits per heavy atom. The average molecular weight is 427 g/mol. The molecule has 3 fully saturated rings. The number of hydrogen-bond donors (Lipinski definition) is 2. The maximum absolute atomic E-state index is 12.6. The Morgan fingerprint density at radius 2 is 1.90 bits per heavy atom. The van der Waals surface area contributed by atoms with Gasteiger partial charge in [-0.1, -0.05) is 43.2 Å². The number of urea groups is 1. The molecular formula is C23H30N4O4. The van der Waals surface area contributed by atoms with E-state index in [0.29, 0.717) is 32.4 Å².